The van der Waals surface area contributed by atoms with Crippen LogP contribution in [-0.4, -0.2) is 24.2 Å². The van der Waals surface area contributed by atoms with Crippen molar-refractivity contribution < 1.29 is 19.4 Å². The second-order valence-electron chi connectivity index (χ2n) is 6.72. The summed E-state index contributed by atoms with van der Waals surface area (Å²) in [5, 5.41) is 16.1. The van der Waals surface area contributed by atoms with Gasteiger partial charge in [-0.25, -0.2) is 9.59 Å². The molecular formula is C23H22N2O4. The molecule has 0 aliphatic heterocycles. The van der Waals surface area contributed by atoms with Crippen molar-refractivity contribution >= 4 is 34.7 Å². The van der Waals surface area contributed by atoms with E-state index in [0.29, 0.717) is 11.4 Å². The topological polar surface area (TPSA) is 87.7 Å². The standard InChI is InChI=1S/C23H22N2O4/c1-14-4-8-16(9-5-14)24-20-12-18(22(26)27)19(23(28)29-3)13-21(20)25-17-10-6-15(2)7-11-17/h4-13,24-25H,1-3H3,(H,26,27). The van der Waals surface area contributed by atoms with Crippen molar-refractivity contribution in [2.24, 2.45) is 0 Å². The van der Waals surface area contributed by atoms with Gasteiger partial charge in [0.2, 0.25) is 0 Å². The summed E-state index contributed by atoms with van der Waals surface area (Å²) in [5.74, 6) is -1.92. The fraction of sp³-hybridized carbons (Fsp3) is 0.130. The van der Waals surface area contributed by atoms with Gasteiger partial charge in [0.15, 0.2) is 0 Å². The SMILES string of the molecule is COC(=O)c1cc(Nc2ccc(C)cc2)c(Nc2ccc(C)cc2)cc1C(=O)O. The zero-order valence-electron chi connectivity index (χ0n) is 16.4. The summed E-state index contributed by atoms with van der Waals surface area (Å²) in [6.45, 7) is 3.98. The van der Waals surface area contributed by atoms with Crippen molar-refractivity contribution in [1.29, 1.82) is 0 Å². The van der Waals surface area contributed by atoms with E-state index >= 15 is 0 Å². The molecule has 3 aromatic rings. The van der Waals surface area contributed by atoms with Gasteiger partial charge in [-0.15, -0.1) is 0 Å². The fourth-order valence-electron chi connectivity index (χ4n) is 2.85. The van der Waals surface area contributed by atoms with Crippen LogP contribution < -0.4 is 10.6 Å². The zero-order chi connectivity index (χ0) is 21.0. The Labute approximate surface area is 169 Å². The number of esters is 1. The molecule has 0 aliphatic carbocycles. The lowest BCUT2D eigenvalue weighted by Crippen LogP contribution is -2.12. The Kier molecular flexibility index (Phi) is 5.83. The number of nitrogens with one attached hydrogen (secondary N) is 2. The number of carbonyl (C=O) groups excluding carboxylic acids is 1. The highest BCUT2D eigenvalue weighted by atomic mass is 16.5. The molecule has 3 N–H and O–H groups in total. The maximum atomic E-state index is 12.2. The van der Waals surface area contributed by atoms with E-state index in [1.54, 1.807) is 0 Å². The van der Waals surface area contributed by atoms with Crippen LogP contribution in [0.25, 0.3) is 0 Å². The number of carbonyl (C=O) groups is 2. The fourth-order valence-corrected chi connectivity index (χ4v) is 2.85. The molecule has 6 nitrogen and oxygen atoms in total. The molecular weight excluding hydrogens is 368 g/mol. The Hall–Kier alpha value is -3.80. The Bertz CT molecular complexity index is 1040. The summed E-state index contributed by atoms with van der Waals surface area (Å²) >= 11 is 0. The highest BCUT2D eigenvalue weighted by Crippen LogP contribution is 2.32. The maximum absolute atomic E-state index is 12.2. The van der Waals surface area contributed by atoms with Crippen LogP contribution in [0.4, 0.5) is 22.7 Å². The quantitative estimate of drug-likeness (QED) is 0.497. The Morgan fingerprint density at radius 2 is 1.17 bits per heavy atom. The number of hydrogen-bond acceptors (Lipinski definition) is 5. The molecule has 0 aromatic heterocycles. The van der Waals surface area contributed by atoms with E-state index in [-0.39, 0.29) is 11.1 Å². The number of carboxylic acids is 1. The molecule has 0 heterocycles. The van der Waals surface area contributed by atoms with Crippen molar-refractivity contribution in [3.63, 3.8) is 0 Å². The molecule has 0 aliphatic rings. The summed E-state index contributed by atoms with van der Waals surface area (Å²) in [5.41, 5.74) is 4.75. The largest absolute Gasteiger partial charge is 0.478 e. The molecule has 148 valence electrons. The maximum Gasteiger partial charge on any atom is 0.338 e. The Morgan fingerprint density at radius 1 is 0.759 bits per heavy atom. The van der Waals surface area contributed by atoms with E-state index < -0.39 is 11.9 Å². The molecule has 0 fully saturated rings. The van der Waals surface area contributed by atoms with Crippen LogP contribution in [0.15, 0.2) is 60.7 Å². The molecule has 6 heteroatoms. The van der Waals surface area contributed by atoms with Crippen molar-refractivity contribution in [3.8, 4) is 0 Å². The van der Waals surface area contributed by atoms with Crippen LogP contribution >= 0.6 is 0 Å². The normalized spacial score (nSPS) is 10.3. The molecule has 0 amide bonds. The summed E-state index contributed by atoms with van der Waals surface area (Å²) < 4.78 is 4.77. The van der Waals surface area contributed by atoms with Crippen LogP contribution in [0, 0.1) is 13.8 Å². The van der Waals surface area contributed by atoms with E-state index in [1.807, 2.05) is 62.4 Å². The number of aromatic carboxylic acids is 1. The molecule has 3 aromatic carbocycles. The molecule has 0 spiro atoms. The predicted octanol–water partition coefficient (Wildman–Crippen LogP) is 5.28. The Morgan fingerprint density at radius 3 is 1.55 bits per heavy atom. The first kappa shape index (κ1) is 19.9. The number of rotatable bonds is 6. The molecule has 0 saturated carbocycles. The monoisotopic (exact) mass is 390 g/mol. The first-order chi connectivity index (χ1) is 13.9. The molecule has 0 saturated heterocycles. The van der Waals surface area contributed by atoms with Crippen LogP contribution in [0.3, 0.4) is 0 Å². The van der Waals surface area contributed by atoms with Gasteiger partial charge < -0.3 is 20.5 Å². The summed E-state index contributed by atoms with van der Waals surface area (Å²) in [6.07, 6.45) is 0. The number of benzene rings is 3. The van der Waals surface area contributed by atoms with Gasteiger partial charge in [-0.05, 0) is 50.2 Å². The first-order valence-corrected chi connectivity index (χ1v) is 9.04. The number of hydrogen-bond donors (Lipinski definition) is 3. The zero-order valence-corrected chi connectivity index (χ0v) is 16.4. The minimum atomic E-state index is -1.21. The smallest absolute Gasteiger partial charge is 0.338 e. The van der Waals surface area contributed by atoms with E-state index in [4.69, 9.17) is 4.74 Å². The average Bonchev–Trinajstić information content (AvgIpc) is 2.71. The van der Waals surface area contributed by atoms with Gasteiger partial charge in [0, 0.05) is 11.4 Å². The number of anilines is 4. The second-order valence-corrected chi connectivity index (χ2v) is 6.72. The first-order valence-electron chi connectivity index (χ1n) is 9.04. The van der Waals surface area contributed by atoms with Gasteiger partial charge in [0.05, 0.1) is 29.6 Å². The minimum Gasteiger partial charge on any atom is -0.478 e. The van der Waals surface area contributed by atoms with Gasteiger partial charge in [-0.1, -0.05) is 35.4 Å². The third kappa shape index (κ3) is 4.73. The molecule has 0 radical (unpaired) electrons. The van der Waals surface area contributed by atoms with Gasteiger partial charge in [-0.3, -0.25) is 0 Å². The molecule has 0 bridgehead atoms. The molecule has 3 rings (SSSR count). The molecule has 29 heavy (non-hydrogen) atoms. The van der Waals surface area contributed by atoms with Crippen molar-refractivity contribution in [3.05, 3.63) is 82.9 Å². The third-order valence-electron chi connectivity index (χ3n) is 4.45. The molecule has 0 atom stereocenters. The van der Waals surface area contributed by atoms with Gasteiger partial charge in [0.1, 0.15) is 0 Å². The van der Waals surface area contributed by atoms with E-state index in [1.165, 1.54) is 19.2 Å². The second kappa shape index (κ2) is 8.48. The Balaban J connectivity index is 2.09. The highest BCUT2D eigenvalue weighted by Gasteiger charge is 2.21. The summed E-state index contributed by atoms with van der Waals surface area (Å²) in [4.78, 5) is 23.9. The van der Waals surface area contributed by atoms with Gasteiger partial charge in [-0.2, -0.15) is 0 Å². The van der Waals surface area contributed by atoms with E-state index in [2.05, 4.69) is 10.6 Å². The number of methoxy groups -OCH3 is 1. The third-order valence-corrected chi connectivity index (χ3v) is 4.45. The van der Waals surface area contributed by atoms with Gasteiger partial charge >= 0.3 is 11.9 Å². The van der Waals surface area contributed by atoms with E-state index in [9.17, 15) is 14.7 Å². The number of aryl methyl sites for hydroxylation is 2. The lowest BCUT2D eigenvalue weighted by molar-refractivity contribution is 0.0583. The van der Waals surface area contributed by atoms with Crippen LogP contribution in [0.1, 0.15) is 31.8 Å². The van der Waals surface area contributed by atoms with Crippen molar-refractivity contribution in [2.75, 3.05) is 17.7 Å². The minimum absolute atomic E-state index is 0.0240. The van der Waals surface area contributed by atoms with Crippen LogP contribution in [0.2, 0.25) is 0 Å². The number of carboxylic acid groups (broad SMARTS) is 1. The predicted molar refractivity (Wildman–Crippen MR) is 114 cm³/mol. The van der Waals surface area contributed by atoms with Crippen molar-refractivity contribution in [2.45, 2.75) is 13.8 Å². The van der Waals surface area contributed by atoms with Crippen LogP contribution in [0.5, 0.6) is 0 Å². The number of ether oxygens (including phenoxy) is 1. The molecule has 0 unspecified atom stereocenters. The van der Waals surface area contributed by atoms with Crippen molar-refractivity contribution in [1.82, 2.24) is 0 Å². The lowest BCUT2D eigenvalue weighted by Gasteiger charge is -2.17. The van der Waals surface area contributed by atoms with E-state index in [0.717, 1.165) is 22.5 Å². The summed E-state index contributed by atoms with van der Waals surface area (Å²) in [6, 6.07) is 18.4. The average molecular weight is 390 g/mol. The van der Waals surface area contributed by atoms with Crippen LogP contribution in [-0.2, 0) is 4.74 Å². The lowest BCUT2D eigenvalue weighted by atomic mass is 10.0. The summed E-state index contributed by atoms with van der Waals surface area (Å²) in [7, 11) is 1.22. The van der Waals surface area contributed by atoms with Gasteiger partial charge in [0.25, 0.3) is 0 Å². The highest BCUT2D eigenvalue weighted by molar-refractivity contribution is 6.05.